The fourth-order valence-corrected chi connectivity index (χ4v) is 1.94. The molecule has 0 radical (unpaired) electrons. The Morgan fingerprint density at radius 3 is 2.59 bits per heavy atom. The number of anilines is 1. The van der Waals surface area contributed by atoms with E-state index in [0.29, 0.717) is 3.95 Å². The van der Waals surface area contributed by atoms with Crippen LogP contribution in [-0.4, -0.2) is 16.1 Å². The monoisotopic (exact) mass is 273 g/mol. The Kier molecular flexibility index (Phi) is 3.25. The number of nitrogens with one attached hydrogen (secondary N) is 2. The van der Waals surface area contributed by atoms with Crippen LogP contribution in [0.2, 0.25) is 0 Å². The van der Waals surface area contributed by atoms with E-state index >= 15 is 0 Å². The van der Waals surface area contributed by atoms with Gasteiger partial charge in [0.25, 0.3) is 5.91 Å². The van der Waals surface area contributed by atoms with Gasteiger partial charge in [-0.1, -0.05) is 17.4 Å². The van der Waals surface area contributed by atoms with Crippen molar-refractivity contribution >= 4 is 34.6 Å². The number of aromatic amines is 1. The number of H-pyrrole nitrogens is 1. The molecule has 0 spiro atoms. The van der Waals surface area contributed by atoms with E-state index in [1.54, 1.807) is 0 Å². The molecule has 2 aromatic rings. The first-order valence-electron chi connectivity index (χ1n) is 4.39. The van der Waals surface area contributed by atoms with Crippen LogP contribution in [0, 0.1) is 15.6 Å². The maximum absolute atomic E-state index is 13.3. The van der Waals surface area contributed by atoms with Crippen molar-refractivity contribution in [1.82, 2.24) is 10.2 Å². The van der Waals surface area contributed by atoms with Crippen LogP contribution in [0.3, 0.4) is 0 Å². The number of hydrogen-bond acceptors (Lipinski definition) is 4. The number of rotatable bonds is 2. The Morgan fingerprint density at radius 2 is 2.06 bits per heavy atom. The Bertz CT molecular complexity index is 602. The quantitative estimate of drug-likeness (QED) is 0.827. The van der Waals surface area contributed by atoms with Crippen molar-refractivity contribution in [3.8, 4) is 0 Å². The minimum atomic E-state index is -0.929. The van der Waals surface area contributed by atoms with E-state index < -0.39 is 23.1 Å². The molecule has 0 atom stereocenters. The molecule has 4 nitrogen and oxygen atoms in total. The van der Waals surface area contributed by atoms with Gasteiger partial charge in [0.2, 0.25) is 5.13 Å². The highest BCUT2D eigenvalue weighted by Crippen LogP contribution is 2.16. The predicted octanol–water partition coefficient (Wildman–Crippen LogP) is 2.73. The van der Waals surface area contributed by atoms with Crippen molar-refractivity contribution in [3.05, 3.63) is 39.4 Å². The van der Waals surface area contributed by atoms with Gasteiger partial charge < -0.3 is 0 Å². The van der Waals surface area contributed by atoms with Gasteiger partial charge in [0.05, 0.1) is 0 Å². The Morgan fingerprint density at radius 1 is 1.41 bits per heavy atom. The van der Waals surface area contributed by atoms with Crippen LogP contribution >= 0.6 is 23.6 Å². The molecule has 0 bridgehead atoms. The standard InChI is InChI=1S/C9H5F2N3OS2/c10-4-2-1-3-5(11)6(4)7(15)12-8-13-14-9(16)17-8/h1-3H,(H,14,16)(H,12,13,15). The second kappa shape index (κ2) is 4.68. The van der Waals surface area contributed by atoms with E-state index in [4.69, 9.17) is 12.2 Å². The lowest BCUT2D eigenvalue weighted by Gasteiger charge is -2.03. The molecule has 1 amide bonds. The smallest absolute Gasteiger partial charge is 0.263 e. The van der Waals surface area contributed by atoms with Crippen LogP contribution in [0.15, 0.2) is 18.2 Å². The molecule has 0 aliphatic rings. The zero-order valence-corrected chi connectivity index (χ0v) is 9.79. The normalized spacial score (nSPS) is 10.2. The summed E-state index contributed by atoms with van der Waals surface area (Å²) in [5.41, 5.74) is -0.645. The highest BCUT2D eigenvalue weighted by Gasteiger charge is 2.17. The Balaban J connectivity index is 2.29. The summed E-state index contributed by atoms with van der Waals surface area (Å²) in [6.07, 6.45) is 0. The topological polar surface area (TPSA) is 57.8 Å². The molecule has 0 saturated heterocycles. The number of nitrogens with zero attached hydrogens (tertiary/aromatic N) is 1. The maximum atomic E-state index is 13.3. The van der Waals surface area contributed by atoms with Crippen LogP contribution in [0.25, 0.3) is 0 Å². The third-order valence-corrected chi connectivity index (χ3v) is 2.85. The number of carbonyl (C=O) groups is 1. The second-order valence-corrected chi connectivity index (χ2v) is 4.63. The molecule has 0 unspecified atom stereocenters. The minimum absolute atomic E-state index is 0.155. The van der Waals surface area contributed by atoms with Crippen LogP contribution < -0.4 is 5.32 Å². The van der Waals surface area contributed by atoms with Crippen molar-refractivity contribution in [2.75, 3.05) is 5.32 Å². The van der Waals surface area contributed by atoms with E-state index in [9.17, 15) is 13.6 Å². The summed E-state index contributed by atoms with van der Waals surface area (Å²) in [7, 11) is 0. The summed E-state index contributed by atoms with van der Waals surface area (Å²) in [5.74, 6) is -2.76. The average molecular weight is 273 g/mol. The molecule has 1 aromatic heterocycles. The summed E-state index contributed by atoms with van der Waals surface area (Å²) in [4.78, 5) is 11.6. The van der Waals surface area contributed by atoms with Gasteiger partial charge in [0, 0.05) is 0 Å². The molecule has 0 saturated carbocycles. The van der Waals surface area contributed by atoms with Crippen molar-refractivity contribution in [1.29, 1.82) is 0 Å². The van der Waals surface area contributed by atoms with Crippen molar-refractivity contribution < 1.29 is 13.6 Å². The largest absolute Gasteiger partial charge is 0.296 e. The molecular weight excluding hydrogens is 268 g/mol. The average Bonchev–Trinajstić information content (AvgIpc) is 2.63. The molecular formula is C9H5F2N3OS2. The number of amides is 1. The maximum Gasteiger partial charge on any atom is 0.263 e. The lowest BCUT2D eigenvalue weighted by molar-refractivity contribution is 0.101. The summed E-state index contributed by atoms with van der Waals surface area (Å²) in [6, 6.07) is 3.19. The van der Waals surface area contributed by atoms with Gasteiger partial charge in [-0.15, -0.1) is 5.10 Å². The van der Waals surface area contributed by atoms with Gasteiger partial charge in [-0.05, 0) is 24.4 Å². The second-order valence-electron chi connectivity index (χ2n) is 2.97. The van der Waals surface area contributed by atoms with Gasteiger partial charge in [0.15, 0.2) is 3.95 Å². The zero-order chi connectivity index (χ0) is 12.4. The molecule has 8 heteroatoms. The fourth-order valence-electron chi connectivity index (χ4n) is 1.16. The molecule has 2 N–H and O–H groups in total. The molecule has 1 aromatic carbocycles. The van der Waals surface area contributed by atoms with E-state index in [-0.39, 0.29) is 5.13 Å². The van der Waals surface area contributed by atoms with Crippen LogP contribution in [0.4, 0.5) is 13.9 Å². The van der Waals surface area contributed by atoms with Gasteiger partial charge >= 0.3 is 0 Å². The van der Waals surface area contributed by atoms with E-state index in [0.717, 1.165) is 23.5 Å². The molecule has 0 fully saturated rings. The van der Waals surface area contributed by atoms with Gasteiger partial charge in [-0.3, -0.25) is 15.2 Å². The first-order chi connectivity index (χ1) is 8.08. The summed E-state index contributed by atoms with van der Waals surface area (Å²) in [5, 5.41) is 8.50. The summed E-state index contributed by atoms with van der Waals surface area (Å²) < 4.78 is 26.9. The zero-order valence-electron chi connectivity index (χ0n) is 8.16. The van der Waals surface area contributed by atoms with Crippen molar-refractivity contribution in [2.24, 2.45) is 0 Å². The first kappa shape index (κ1) is 11.8. The summed E-state index contributed by atoms with van der Waals surface area (Å²) in [6.45, 7) is 0. The van der Waals surface area contributed by atoms with E-state index in [1.807, 2.05) is 0 Å². The molecule has 88 valence electrons. The first-order valence-corrected chi connectivity index (χ1v) is 5.61. The highest BCUT2D eigenvalue weighted by atomic mass is 32.1. The number of benzene rings is 1. The van der Waals surface area contributed by atoms with Gasteiger partial charge in [0.1, 0.15) is 17.2 Å². The molecule has 1 heterocycles. The van der Waals surface area contributed by atoms with Crippen LogP contribution in [0.5, 0.6) is 0 Å². The number of halogens is 2. The van der Waals surface area contributed by atoms with Gasteiger partial charge in [-0.2, -0.15) is 0 Å². The Labute approximate surface area is 103 Å². The Hall–Kier alpha value is -1.67. The predicted molar refractivity (Wildman–Crippen MR) is 61.6 cm³/mol. The van der Waals surface area contributed by atoms with Gasteiger partial charge in [-0.25, -0.2) is 8.78 Å². The van der Waals surface area contributed by atoms with E-state index in [1.165, 1.54) is 6.07 Å². The molecule has 0 aliphatic carbocycles. The minimum Gasteiger partial charge on any atom is -0.296 e. The SMILES string of the molecule is O=C(Nc1n[nH]c(=S)s1)c1c(F)cccc1F. The van der Waals surface area contributed by atoms with Crippen molar-refractivity contribution in [2.45, 2.75) is 0 Å². The van der Waals surface area contributed by atoms with Crippen molar-refractivity contribution in [3.63, 3.8) is 0 Å². The number of aromatic nitrogens is 2. The molecule has 17 heavy (non-hydrogen) atoms. The van der Waals surface area contributed by atoms with Crippen LogP contribution in [-0.2, 0) is 0 Å². The lowest BCUT2D eigenvalue weighted by Crippen LogP contribution is -2.15. The lowest BCUT2D eigenvalue weighted by atomic mass is 10.2. The van der Waals surface area contributed by atoms with Crippen LogP contribution in [0.1, 0.15) is 10.4 Å². The van der Waals surface area contributed by atoms with E-state index in [2.05, 4.69) is 15.5 Å². The molecule has 2 rings (SSSR count). The third kappa shape index (κ3) is 2.53. The third-order valence-electron chi connectivity index (χ3n) is 1.85. The number of carbonyl (C=O) groups excluding carboxylic acids is 1. The fraction of sp³-hybridized carbons (Fsp3) is 0. The number of hydrogen-bond donors (Lipinski definition) is 2. The summed E-state index contributed by atoms with van der Waals surface area (Å²) >= 11 is 5.75. The molecule has 0 aliphatic heterocycles. The highest BCUT2D eigenvalue weighted by molar-refractivity contribution is 7.73.